The lowest BCUT2D eigenvalue weighted by Gasteiger charge is -2.25. The van der Waals surface area contributed by atoms with Gasteiger partial charge in [0.15, 0.2) is 11.5 Å². The lowest BCUT2D eigenvalue weighted by molar-refractivity contribution is -0.137. The highest BCUT2D eigenvalue weighted by Crippen LogP contribution is 2.55. The van der Waals surface area contributed by atoms with Crippen LogP contribution >= 0.6 is 0 Å². The van der Waals surface area contributed by atoms with E-state index in [4.69, 9.17) is 28.4 Å². The first-order valence-electron chi connectivity index (χ1n) is 35.8. The Labute approximate surface area is 498 Å². The van der Waals surface area contributed by atoms with Crippen LogP contribution in [0.1, 0.15) is 381 Å². The summed E-state index contributed by atoms with van der Waals surface area (Å²) in [6.07, 6.45) is 68.1. The van der Waals surface area contributed by atoms with Crippen LogP contribution in [0.3, 0.4) is 0 Å². The number of unbranched alkanes of at least 4 members (excludes halogenated alkanes) is 46. The molecule has 0 saturated carbocycles. The Kier molecular flexibility index (Phi) is 57.5. The predicted octanol–water partition coefficient (Wildman–Crippen LogP) is 24.5. The van der Waals surface area contributed by atoms with Crippen LogP contribution < -0.4 is 23.7 Å². The first kappa shape index (κ1) is 75.4. The second-order valence-corrected chi connectivity index (χ2v) is 24.1. The largest absolute Gasteiger partial charge is 0.489 e. The molecule has 0 N–H and O–H groups in total. The molecule has 1 aromatic carbocycles. The van der Waals surface area contributed by atoms with Gasteiger partial charge < -0.3 is 28.4 Å². The summed E-state index contributed by atoms with van der Waals surface area (Å²) in [5.74, 6) is 2.66. The van der Waals surface area contributed by atoms with E-state index in [1.54, 1.807) is 6.08 Å². The van der Waals surface area contributed by atoms with Crippen LogP contribution in [0.5, 0.6) is 28.7 Å². The Balaban J connectivity index is 3.75. The quantitative estimate of drug-likeness (QED) is 0.0366. The molecule has 0 heterocycles. The van der Waals surface area contributed by atoms with Crippen LogP contribution in [0, 0.1) is 0 Å². The van der Waals surface area contributed by atoms with E-state index in [9.17, 15) is 4.79 Å². The van der Waals surface area contributed by atoms with Crippen molar-refractivity contribution in [3.05, 3.63) is 11.6 Å². The summed E-state index contributed by atoms with van der Waals surface area (Å²) in [6, 6.07) is 0. The third-order valence-corrected chi connectivity index (χ3v) is 16.2. The summed E-state index contributed by atoms with van der Waals surface area (Å²) in [5, 5.41) is 0. The van der Waals surface area contributed by atoms with Gasteiger partial charge >= 0.3 is 5.97 Å². The summed E-state index contributed by atoms with van der Waals surface area (Å²) in [7, 11) is 0. The van der Waals surface area contributed by atoms with Crippen molar-refractivity contribution in [2.45, 2.75) is 375 Å². The average Bonchev–Trinajstić information content (AvgIpc) is 3.46. The summed E-state index contributed by atoms with van der Waals surface area (Å²) in [5.41, 5.74) is 0.694. The monoisotopic (exact) mass is 1130 g/mol. The standard InChI is InChI=1S/C73H136O7/c1-7-13-19-24-29-34-39-44-49-54-62-76-69-67(59-60-68(74)75-61-18-12-6)70(77-63-55-50-45-40-35-30-25-20-14-8-2)72(79-65-57-52-47-42-37-32-27-22-16-10-4)73(80-66-58-53-48-43-38-33-28-23-17-11-5)71(69)78-64-56-51-46-41-36-31-26-21-15-9-3/h59-60H,7-58,61-66H2,1-6H3. The lowest BCUT2D eigenvalue weighted by atomic mass is 10.1. The molecule has 0 spiro atoms. The molecule has 1 rings (SSSR count). The molecule has 1 aromatic rings. The molecule has 0 amide bonds. The fourth-order valence-electron chi connectivity index (χ4n) is 10.8. The topological polar surface area (TPSA) is 72.5 Å². The number of ether oxygens (including phenoxy) is 6. The molecule has 0 atom stereocenters. The molecule has 0 aliphatic heterocycles. The van der Waals surface area contributed by atoms with Gasteiger partial charge in [0.05, 0.1) is 45.2 Å². The molecular formula is C73H136O7. The lowest BCUT2D eigenvalue weighted by Crippen LogP contribution is -2.12. The minimum atomic E-state index is -0.360. The Morgan fingerprint density at radius 1 is 0.237 bits per heavy atom. The molecule has 0 aromatic heterocycles. The minimum Gasteiger partial charge on any atom is -0.489 e. The zero-order valence-electron chi connectivity index (χ0n) is 54.5. The zero-order chi connectivity index (χ0) is 57.7. The van der Waals surface area contributed by atoms with Crippen LogP contribution in [-0.2, 0) is 9.53 Å². The van der Waals surface area contributed by atoms with E-state index in [0.29, 0.717) is 74.0 Å². The molecule has 0 aliphatic rings. The minimum absolute atomic E-state index is 0.360. The van der Waals surface area contributed by atoms with E-state index in [-0.39, 0.29) is 5.97 Å². The van der Waals surface area contributed by atoms with Gasteiger partial charge in [0.25, 0.3) is 0 Å². The highest BCUT2D eigenvalue weighted by molar-refractivity contribution is 5.90. The second kappa shape index (κ2) is 61.0. The maximum absolute atomic E-state index is 13.5. The normalized spacial score (nSPS) is 11.5. The Morgan fingerprint density at radius 2 is 0.425 bits per heavy atom. The smallest absolute Gasteiger partial charge is 0.330 e. The molecule has 0 fully saturated rings. The van der Waals surface area contributed by atoms with Crippen molar-refractivity contribution in [2.75, 3.05) is 39.6 Å². The Hall–Kier alpha value is -2.57. The van der Waals surface area contributed by atoms with E-state index in [1.807, 2.05) is 6.08 Å². The molecule has 7 heteroatoms. The van der Waals surface area contributed by atoms with Crippen molar-refractivity contribution in [2.24, 2.45) is 0 Å². The van der Waals surface area contributed by atoms with Crippen molar-refractivity contribution in [1.29, 1.82) is 0 Å². The first-order chi connectivity index (χ1) is 39.6. The Morgan fingerprint density at radius 3 is 0.650 bits per heavy atom. The van der Waals surface area contributed by atoms with Gasteiger partial charge in [-0.15, -0.1) is 0 Å². The molecule has 0 bridgehead atoms. The van der Waals surface area contributed by atoms with Crippen molar-refractivity contribution >= 4 is 12.0 Å². The number of esters is 1. The average molecular weight is 1130 g/mol. The van der Waals surface area contributed by atoms with Gasteiger partial charge in [-0.2, -0.15) is 0 Å². The summed E-state index contributed by atoms with van der Waals surface area (Å²) < 4.78 is 41.0. The van der Waals surface area contributed by atoms with E-state index < -0.39 is 0 Å². The number of rotatable bonds is 65. The van der Waals surface area contributed by atoms with Gasteiger partial charge in [-0.1, -0.05) is 337 Å². The second-order valence-electron chi connectivity index (χ2n) is 24.1. The van der Waals surface area contributed by atoms with Crippen LogP contribution in [0.2, 0.25) is 0 Å². The molecule has 7 nitrogen and oxygen atoms in total. The predicted molar refractivity (Wildman–Crippen MR) is 348 cm³/mol. The number of hydrogen-bond acceptors (Lipinski definition) is 7. The summed E-state index contributed by atoms with van der Waals surface area (Å²) in [6.45, 7) is 16.7. The van der Waals surface area contributed by atoms with E-state index in [2.05, 4.69) is 41.5 Å². The molecule has 0 unspecified atom stereocenters. The fourth-order valence-corrected chi connectivity index (χ4v) is 10.8. The number of benzene rings is 1. The molecule has 470 valence electrons. The van der Waals surface area contributed by atoms with Gasteiger partial charge in [-0.25, -0.2) is 4.79 Å². The highest BCUT2D eigenvalue weighted by Gasteiger charge is 2.30. The molecule has 0 saturated heterocycles. The third-order valence-electron chi connectivity index (χ3n) is 16.2. The maximum Gasteiger partial charge on any atom is 0.330 e. The third kappa shape index (κ3) is 44.9. The molecule has 80 heavy (non-hydrogen) atoms. The van der Waals surface area contributed by atoms with Crippen LogP contribution in [0.25, 0.3) is 6.08 Å². The highest BCUT2D eigenvalue weighted by atomic mass is 16.6. The van der Waals surface area contributed by atoms with E-state index in [0.717, 1.165) is 77.0 Å². The summed E-state index contributed by atoms with van der Waals surface area (Å²) >= 11 is 0. The fraction of sp³-hybridized carbons (Fsp3) is 0.877. The van der Waals surface area contributed by atoms with Gasteiger partial charge in [0, 0.05) is 6.08 Å². The van der Waals surface area contributed by atoms with Crippen molar-refractivity contribution in [1.82, 2.24) is 0 Å². The van der Waals surface area contributed by atoms with Crippen molar-refractivity contribution < 1.29 is 33.2 Å². The van der Waals surface area contributed by atoms with Crippen molar-refractivity contribution in [3.8, 4) is 28.7 Å². The van der Waals surface area contributed by atoms with Gasteiger partial charge in [0.1, 0.15) is 0 Å². The van der Waals surface area contributed by atoms with Crippen molar-refractivity contribution in [3.63, 3.8) is 0 Å². The van der Waals surface area contributed by atoms with Crippen LogP contribution in [0.15, 0.2) is 6.08 Å². The summed E-state index contributed by atoms with van der Waals surface area (Å²) in [4.78, 5) is 13.5. The van der Waals surface area contributed by atoms with Gasteiger partial charge in [0.2, 0.25) is 17.2 Å². The Bertz CT molecular complexity index is 1400. The maximum atomic E-state index is 13.5. The number of carbonyl (C=O) groups is 1. The SMILES string of the molecule is CCCCCCCCCCCCOc1c(C=CC(=O)OCCCC)c(OCCCCCCCCCCCC)c(OCCCCCCCCCCCC)c(OCCCCCCCCCCCC)c1OCCCCCCCCCCCC. The molecule has 0 radical (unpaired) electrons. The van der Waals surface area contributed by atoms with E-state index >= 15 is 0 Å². The molecular weight excluding hydrogens is 989 g/mol. The number of carbonyl (C=O) groups excluding carboxylic acids is 1. The van der Waals surface area contributed by atoms with Gasteiger partial charge in [-0.05, 0) is 44.6 Å². The van der Waals surface area contributed by atoms with E-state index in [1.165, 1.54) is 257 Å². The van der Waals surface area contributed by atoms with Gasteiger partial charge in [-0.3, -0.25) is 0 Å². The first-order valence-corrected chi connectivity index (χ1v) is 35.8. The van der Waals surface area contributed by atoms with Crippen LogP contribution in [-0.4, -0.2) is 45.6 Å². The molecule has 0 aliphatic carbocycles. The number of hydrogen-bond donors (Lipinski definition) is 0. The van der Waals surface area contributed by atoms with Crippen LogP contribution in [0.4, 0.5) is 0 Å². The zero-order valence-corrected chi connectivity index (χ0v) is 54.5.